The molecule has 41 heavy (non-hydrogen) atoms. The Morgan fingerprint density at radius 1 is 0.854 bits per heavy atom. The van der Waals surface area contributed by atoms with Gasteiger partial charge >= 0.3 is 0 Å². The fourth-order valence-electron chi connectivity index (χ4n) is 3.97. The summed E-state index contributed by atoms with van der Waals surface area (Å²) in [6.45, 7) is 0.146. The van der Waals surface area contributed by atoms with E-state index >= 15 is 0 Å². The first-order valence-electron chi connectivity index (χ1n) is 12.7. The molecule has 4 aromatic carbocycles. The average molecular weight is 567 g/mol. The van der Waals surface area contributed by atoms with Gasteiger partial charge in [-0.25, -0.2) is 0 Å². The van der Waals surface area contributed by atoms with Crippen LogP contribution in [0.5, 0.6) is 17.2 Å². The molecule has 0 aliphatic carbocycles. The van der Waals surface area contributed by atoms with Crippen molar-refractivity contribution < 1.29 is 28.6 Å². The van der Waals surface area contributed by atoms with Crippen molar-refractivity contribution in [2.24, 2.45) is 0 Å². The predicted molar refractivity (Wildman–Crippen MR) is 158 cm³/mol. The number of rotatable bonds is 10. The zero-order chi connectivity index (χ0) is 28.6. The van der Waals surface area contributed by atoms with Crippen molar-refractivity contribution in [3.63, 3.8) is 0 Å². The smallest absolute Gasteiger partial charge is 0.272 e. The number of carbonyl (C=O) groups is 3. The van der Waals surface area contributed by atoms with E-state index in [1.807, 2.05) is 12.1 Å². The van der Waals surface area contributed by atoms with Crippen LogP contribution in [0, 0.1) is 0 Å². The van der Waals surface area contributed by atoms with Crippen LogP contribution in [0.25, 0.3) is 6.08 Å². The number of fused-ring (bicyclic) bond motifs is 1. The summed E-state index contributed by atoms with van der Waals surface area (Å²) in [5.41, 5.74) is 2.25. The Morgan fingerprint density at radius 3 is 2.41 bits per heavy atom. The molecule has 1 aliphatic heterocycles. The molecule has 0 saturated carbocycles. The second-order valence-corrected chi connectivity index (χ2v) is 9.96. The molecule has 2 amide bonds. The van der Waals surface area contributed by atoms with Crippen molar-refractivity contribution in [2.75, 3.05) is 25.0 Å². The minimum absolute atomic E-state index is 0.0592. The molecule has 1 aliphatic rings. The molecular formula is C32H26N2O6S. The van der Waals surface area contributed by atoms with Gasteiger partial charge in [0.1, 0.15) is 11.4 Å². The van der Waals surface area contributed by atoms with Gasteiger partial charge in [0.15, 0.2) is 17.3 Å². The van der Waals surface area contributed by atoms with Crippen molar-refractivity contribution in [3.05, 3.63) is 119 Å². The van der Waals surface area contributed by atoms with Crippen LogP contribution in [0.4, 0.5) is 5.69 Å². The van der Waals surface area contributed by atoms with Crippen molar-refractivity contribution >= 4 is 41.1 Å². The summed E-state index contributed by atoms with van der Waals surface area (Å²) in [4.78, 5) is 39.8. The van der Waals surface area contributed by atoms with Crippen molar-refractivity contribution in [3.8, 4) is 17.2 Å². The molecule has 0 unspecified atom stereocenters. The Hall–Kier alpha value is -5.02. The van der Waals surface area contributed by atoms with Gasteiger partial charge in [0.2, 0.25) is 6.79 Å². The molecule has 4 aromatic rings. The Bertz CT molecular complexity index is 1600. The van der Waals surface area contributed by atoms with Gasteiger partial charge in [0, 0.05) is 21.7 Å². The molecule has 0 saturated heterocycles. The van der Waals surface area contributed by atoms with Gasteiger partial charge in [-0.3, -0.25) is 14.4 Å². The number of hydrogen-bond donors (Lipinski definition) is 2. The van der Waals surface area contributed by atoms with Crippen LogP contribution in [0.1, 0.15) is 26.3 Å². The zero-order valence-electron chi connectivity index (χ0n) is 22.1. The van der Waals surface area contributed by atoms with Crippen LogP contribution in [0.2, 0.25) is 0 Å². The Labute approximate surface area is 241 Å². The molecule has 0 spiro atoms. The Balaban J connectivity index is 1.28. The molecule has 2 N–H and O–H groups in total. The maximum absolute atomic E-state index is 13.4. The number of ketones is 1. The van der Waals surface area contributed by atoms with E-state index in [0.717, 1.165) is 4.90 Å². The lowest BCUT2D eigenvalue weighted by atomic mass is 10.1. The summed E-state index contributed by atoms with van der Waals surface area (Å²) < 4.78 is 15.9. The maximum atomic E-state index is 13.4. The number of methoxy groups -OCH3 is 1. The first kappa shape index (κ1) is 27.5. The lowest BCUT2D eigenvalue weighted by Crippen LogP contribution is -2.30. The third-order valence-electron chi connectivity index (χ3n) is 6.11. The highest BCUT2D eigenvalue weighted by molar-refractivity contribution is 8.00. The van der Waals surface area contributed by atoms with Gasteiger partial charge in [-0.1, -0.05) is 36.4 Å². The molecule has 0 aromatic heterocycles. The fraction of sp³-hybridized carbons (Fsp3) is 0.0938. The van der Waals surface area contributed by atoms with E-state index in [1.54, 1.807) is 98.1 Å². The molecular weight excluding hydrogens is 540 g/mol. The van der Waals surface area contributed by atoms with Crippen molar-refractivity contribution in [1.82, 2.24) is 5.32 Å². The number of nitrogens with one attached hydrogen (secondary N) is 2. The SMILES string of the molecule is COc1ccc(/C=C(\NC(=O)c2ccccc2)C(=O)Nc2cccc(SCC(=O)c3ccc4c(c3)OCO4)c2)cc1. The summed E-state index contributed by atoms with van der Waals surface area (Å²) in [6, 6.07) is 28.1. The first-order chi connectivity index (χ1) is 20.0. The van der Waals surface area contributed by atoms with Gasteiger partial charge < -0.3 is 24.8 Å². The lowest BCUT2D eigenvalue weighted by molar-refractivity contribution is -0.113. The number of benzene rings is 4. The normalized spacial score (nSPS) is 12.0. The quantitative estimate of drug-likeness (QED) is 0.142. The molecule has 0 fully saturated rings. The van der Waals surface area contributed by atoms with Gasteiger partial charge in [0.25, 0.3) is 11.8 Å². The third-order valence-corrected chi connectivity index (χ3v) is 7.11. The molecule has 9 heteroatoms. The molecule has 0 radical (unpaired) electrons. The summed E-state index contributed by atoms with van der Waals surface area (Å²) in [7, 11) is 1.57. The monoisotopic (exact) mass is 566 g/mol. The fourth-order valence-corrected chi connectivity index (χ4v) is 4.82. The highest BCUT2D eigenvalue weighted by atomic mass is 32.2. The summed E-state index contributed by atoms with van der Waals surface area (Å²) in [5.74, 6) is 1.09. The van der Waals surface area contributed by atoms with E-state index < -0.39 is 11.8 Å². The molecule has 1 heterocycles. The summed E-state index contributed by atoms with van der Waals surface area (Å²) in [5, 5.41) is 5.59. The molecule has 0 atom stereocenters. The standard InChI is InChI=1S/C32H26N2O6S/c1-38-25-13-10-21(11-14-25)16-27(34-31(36)22-6-3-2-4-7-22)32(37)33-24-8-5-9-26(18-24)41-19-28(35)23-12-15-29-30(17-23)40-20-39-29/h2-18H,19-20H2,1H3,(H,33,37)(H,34,36)/b27-16-. The minimum Gasteiger partial charge on any atom is -0.497 e. The maximum Gasteiger partial charge on any atom is 0.272 e. The molecule has 5 rings (SSSR count). The second-order valence-electron chi connectivity index (χ2n) is 8.91. The van der Waals surface area contributed by atoms with Crippen LogP contribution in [-0.2, 0) is 4.79 Å². The van der Waals surface area contributed by atoms with Crippen LogP contribution >= 0.6 is 11.8 Å². The van der Waals surface area contributed by atoms with Crippen molar-refractivity contribution in [1.29, 1.82) is 0 Å². The third kappa shape index (κ3) is 7.14. The van der Waals surface area contributed by atoms with E-state index in [4.69, 9.17) is 14.2 Å². The minimum atomic E-state index is -0.497. The average Bonchev–Trinajstić information content (AvgIpc) is 3.48. The van der Waals surface area contributed by atoms with E-state index in [-0.39, 0.29) is 24.0 Å². The molecule has 206 valence electrons. The van der Waals surface area contributed by atoms with E-state index in [9.17, 15) is 14.4 Å². The summed E-state index contributed by atoms with van der Waals surface area (Å²) in [6.07, 6.45) is 1.60. The largest absolute Gasteiger partial charge is 0.497 e. The van der Waals surface area contributed by atoms with Gasteiger partial charge in [-0.15, -0.1) is 11.8 Å². The van der Waals surface area contributed by atoms with E-state index in [0.29, 0.717) is 39.6 Å². The molecule has 0 bridgehead atoms. The van der Waals surface area contributed by atoms with Crippen LogP contribution in [-0.4, -0.2) is 37.3 Å². The van der Waals surface area contributed by atoms with Gasteiger partial charge in [0.05, 0.1) is 12.9 Å². The molecule has 8 nitrogen and oxygen atoms in total. The van der Waals surface area contributed by atoms with Crippen LogP contribution < -0.4 is 24.8 Å². The topological polar surface area (TPSA) is 103 Å². The number of thioether (sulfide) groups is 1. The van der Waals surface area contributed by atoms with Crippen LogP contribution in [0.3, 0.4) is 0 Å². The Kier molecular flexibility index (Phi) is 8.66. The lowest BCUT2D eigenvalue weighted by Gasteiger charge is -2.12. The second kappa shape index (κ2) is 12.9. The number of carbonyl (C=O) groups excluding carboxylic acids is 3. The predicted octanol–water partition coefficient (Wildman–Crippen LogP) is 5.81. The Morgan fingerprint density at radius 2 is 1.63 bits per heavy atom. The van der Waals surface area contributed by atoms with Gasteiger partial charge in [-0.2, -0.15) is 0 Å². The zero-order valence-corrected chi connectivity index (χ0v) is 22.9. The number of Topliss-reactive ketones (excluding diaryl/α,β-unsaturated/α-hetero) is 1. The van der Waals surface area contributed by atoms with Crippen molar-refractivity contribution in [2.45, 2.75) is 4.90 Å². The highest BCUT2D eigenvalue weighted by Gasteiger charge is 2.18. The van der Waals surface area contributed by atoms with E-state index in [2.05, 4.69) is 10.6 Å². The first-order valence-corrected chi connectivity index (χ1v) is 13.7. The van der Waals surface area contributed by atoms with Crippen LogP contribution in [0.15, 0.2) is 108 Å². The highest BCUT2D eigenvalue weighted by Crippen LogP contribution is 2.33. The van der Waals surface area contributed by atoms with E-state index in [1.165, 1.54) is 11.8 Å². The number of anilines is 1. The number of ether oxygens (including phenoxy) is 3. The number of hydrogen-bond acceptors (Lipinski definition) is 7. The number of amides is 2. The van der Waals surface area contributed by atoms with Gasteiger partial charge in [-0.05, 0) is 72.3 Å². The summed E-state index contributed by atoms with van der Waals surface area (Å²) >= 11 is 1.35.